The van der Waals surface area contributed by atoms with E-state index in [2.05, 4.69) is 52.9 Å². The highest BCUT2D eigenvalue weighted by Crippen LogP contribution is 2.34. The average Bonchev–Trinajstić information content (AvgIpc) is 2.58. The van der Waals surface area contributed by atoms with Gasteiger partial charge in [-0.25, -0.2) is 0 Å². The fourth-order valence-electron chi connectivity index (χ4n) is 2.17. The van der Waals surface area contributed by atoms with Crippen LogP contribution in [0.15, 0.2) is 6.07 Å². The monoisotopic (exact) mass is 253 g/mol. The Kier molecular flexibility index (Phi) is 5.68. The summed E-state index contributed by atoms with van der Waals surface area (Å²) < 4.78 is 0. The van der Waals surface area contributed by atoms with E-state index in [1.54, 1.807) is 0 Å². The zero-order valence-electron chi connectivity index (χ0n) is 12.1. The Morgan fingerprint density at radius 3 is 2.29 bits per heavy atom. The maximum atomic E-state index is 3.73. The van der Waals surface area contributed by atoms with E-state index >= 15 is 0 Å². The predicted octanol–water partition coefficient (Wildman–Crippen LogP) is 4.70. The third-order valence-electron chi connectivity index (χ3n) is 3.55. The molecule has 0 aliphatic rings. The highest BCUT2D eigenvalue weighted by atomic mass is 32.1. The van der Waals surface area contributed by atoms with Crippen molar-refractivity contribution < 1.29 is 0 Å². The second-order valence-electron chi connectivity index (χ2n) is 5.44. The molecule has 1 aromatic heterocycles. The van der Waals surface area contributed by atoms with Crippen molar-refractivity contribution in [3.8, 4) is 0 Å². The average molecular weight is 253 g/mol. The van der Waals surface area contributed by atoms with Gasteiger partial charge in [0.25, 0.3) is 0 Å². The molecule has 0 spiro atoms. The van der Waals surface area contributed by atoms with Gasteiger partial charge in [0.1, 0.15) is 0 Å². The van der Waals surface area contributed by atoms with Crippen molar-refractivity contribution in [2.75, 3.05) is 6.54 Å². The molecule has 0 bridgehead atoms. The Morgan fingerprint density at radius 2 is 1.88 bits per heavy atom. The van der Waals surface area contributed by atoms with Crippen LogP contribution in [0.4, 0.5) is 0 Å². The van der Waals surface area contributed by atoms with E-state index in [0.717, 1.165) is 6.54 Å². The second-order valence-corrected chi connectivity index (χ2v) is 6.73. The Balaban J connectivity index is 2.93. The number of nitrogens with one attached hydrogen (secondary N) is 1. The maximum Gasteiger partial charge on any atom is 0.0446 e. The zero-order chi connectivity index (χ0) is 13.0. The molecule has 1 heterocycles. The first kappa shape index (κ1) is 14.7. The molecule has 0 aliphatic heterocycles. The smallest absolute Gasteiger partial charge is 0.0446 e. The molecule has 0 fully saturated rings. The molecule has 0 aliphatic carbocycles. The first-order chi connectivity index (χ1) is 7.97. The fourth-order valence-corrected chi connectivity index (χ4v) is 3.40. The van der Waals surface area contributed by atoms with Gasteiger partial charge in [-0.1, -0.05) is 27.7 Å². The minimum atomic E-state index is 0.522. The van der Waals surface area contributed by atoms with Crippen LogP contribution >= 0.6 is 11.3 Å². The quantitative estimate of drug-likeness (QED) is 0.775. The molecule has 1 nitrogen and oxygen atoms in total. The zero-order valence-corrected chi connectivity index (χ0v) is 12.9. The van der Waals surface area contributed by atoms with Crippen molar-refractivity contribution >= 4 is 11.3 Å². The summed E-state index contributed by atoms with van der Waals surface area (Å²) in [5.41, 5.74) is 1.45. The molecule has 17 heavy (non-hydrogen) atoms. The lowest BCUT2D eigenvalue weighted by atomic mass is 9.88. The third kappa shape index (κ3) is 3.82. The molecule has 2 atom stereocenters. The minimum absolute atomic E-state index is 0.522. The molecule has 0 aromatic carbocycles. The number of hydrogen-bond donors (Lipinski definition) is 1. The van der Waals surface area contributed by atoms with Crippen LogP contribution in [0.5, 0.6) is 0 Å². The number of aryl methyl sites for hydroxylation is 2. The lowest BCUT2D eigenvalue weighted by Crippen LogP contribution is -2.30. The van der Waals surface area contributed by atoms with Gasteiger partial charge in [-0.05, 0) is 50.3 Å². The summed E-state index contributed by atoms with van der Waals surface area (Å²) in [5.74, 6) is 1.39. The van der Waals surface area contributed by atoms with Crippen molar-refractivity contribution in [1.82, 2.24) is 5.32 Å². The van der Waals surface area contributed by atoms with Gasteiger partial charge in [-0.15, -0.1) is 11.3 Å². The van der Waals surface area contributed by atoms with Crippen molar-refractivity contribution in [3.05, 3.63) is 21.4 Å². The summed E-state index contributed by atoms with van der Waals surface area (Å²) in [5, 5.41) is 3.73. The number of thiophene rings is 1. The van der Waals surface area contributed by atoms with E-state index in [1.165, 1.54) is 21.7 Å². The van der Waals surface area contributed by atoms with Crippen molar-refractivity contribution in [3.63, 3.8) is 0 Å². The summed E-state index contributed by atoms with van der Waals surface area (Å²) >= 11 is 1.96. The van der Waals surface area contributed by atoms with Gasteiger partial charge in [-0.3, -0.25) is 0 Å². The van der Waals surface area contributed by atoms with Crippen LogP contribution in [0.25, 0.3) is 0 Å². The van der Waals surface area contributed by atoms with Crippen LogP contribution in [-0.2, 0) is 0 Å². The molecule has 0 amide bonds. The highest BCUT2D eigenvalue weighted by molar-refractivity contribution is 7.12. The highest BCUT2D eigenvalue weighted by Gasteiger charge is 2.24. The second kappa shape index (κ2) is 6.55. The first-order valence-corrected chi connectivity index (χ1v) is 7.59. The molecule has 1 N–H and O–H groups in total. The van der Waals surface area contributed by atoms with Crippen molar-refractivity contribution in [2.24, 2.45) is 11.8 Å². The van der Waals surface area contributed by atoms with Crippen LogP contribution in [0, 0.1) is 25.7 Å². The fraction of sp³-hybridized carbons (Fsp3) is 0.733. The van der Waals surface area contributed by atoms with E-state index in [4.69, 9.17) is 0 Å². The van der Waals surface area contributed by atoms with E-state index in [0.29, 0.717) is 17.9 Å². The van der Waals surface area contributed by atoms with Crippen LogP contribution < -0.4 is 5.32 Å². The van der Waals surface area contributed by atoms with Crippen LogP contribution in [0.2, 0.25) is 0 Å². The molecular weight excluding hydrogens is 226 g/mol. The topological polar surface area (TPSA) is 12.0 Å². The lowest BCUT2D eigenvalue weighted by Gasteiger charge is -2.28. The Labute approximate surface area is 111 Å². The van der Waals surface area contributed by atoms with Gasteiger partial charge in [0.05, 0.1) is 0 Å². The van der Waals surface area contributed by atoms with Crippen molar-refractivity contribution in [2.45, 2.75) is 54.0 Å². The number of rotatable bonds is 6. The summed E-state index contributed by atoms with van der Waals surface area (Å²) in [6.07, 6.45) is 1.20. The summed E-state index contributed by atoms with van der Waals surface area (Å²) in [6, 6.07) is 2.84. The maximum absolute atomic E-state index is 3.73. The molecule has 2 unspecified atom stereocenters. The molecule has 1 rings (SSSR count). The van der Waals surface area contributed by atoms with Gasteiger partial charge in [0.15, 0.2) is 0 Å². The Bertz CT molecular complexity index is 341. The minimum Gasteiger partial charge on any atom is -0.309 e. The Hall–Kier alpha value is -0.340. The standard InChI is InChI=1S/C15H27NS/c1-7-8-16-14(13(6)10(2)3)15-11(4)9-12(5)17-15/h9-10,13-14,16H,7-8H2,1-6H3. The molecule has 2 heteroatoms. The number of hydrogen-bond acceptors (Lipinski definition) is 2. The summed E-state index contributed by atoms with van der Waals surface area (Å²) in [6.45, 7) is 14.8. The largest absolute Gasteiger partial charge is 0.309 e. The van der Waals surface area contributed by atoms with Crippen molar-refractivity contribution in [1.29, 1.82) is 0 Å². The van der Waals surface area contributed by atoms with Gasteiger partial charge < -0.3 is 5.32 Å². The molecule has 0 saturated heterocycles. The van der Waals surface area contributed by atoms with Gasteiger partial charge in [-0.2, -0.15) is 0 Å². The molecule has 0 saturated carbocycles. The van der Waals surface area contributed by atoms with E-state index in [-0.39, 0.29) is 0 Å². The molecular formula is C15H27NS. The Morgan fingerprint density at radius 1 is 1.24 bits per heavy atom. The SMILES string of the molecule is CCCNC(c1sc(C)cc1C)C(C)C(C)C. The third-order valence-corrected chi connectivity index (χ3v) is 4.79. The van der Waals surface area contributed by atoms with E-state index in [9.17, 15) is 0 Å². The summed E-state index contributed by atoms with van der Waals surface area (Å²) in [4.78, 5) is 2.97. The summed E-state index contributed by atoms with van der Waals surface area (Å²) in [7, 11) is 0. The molecule has 1 aromatic rings. The normalized spacial score (nSPS) is 15.2. The lowest BCUT2D eigenvalue weighted by molar-refractivity contribution is 0.306. The van der Waals surface area contributed by atoms with Gasteiger partial charge >= 0.3 is 0 Å². The van der Waals surface area contributed by atoms with Gasteiger partial charge in [0.2, 0.25) is 0 Å². The first-order valence-electron chi connectivity index (χ1n) is 6.77. The van der Waals surface area contributed by atoms with Crippen LogP contribution in [-0.4, -0.2) is 6.54 Å². The van der Waals surface area contributed by atoms with Crippen LogP contribution in [0.3, 0.4) is 0 Å². The molecule has 98 valence electrons. The van der Waals surface area contributed by atoms with Gasteiger partial charge in [0, 0.05) is 15.8 Å². The predicted molar refractivity (Wildman–Crippen MR) is 78.8 cm³/mol. The molecule has 0 radical (unpaired) electrons. The van der Waals surface area contributed by atoms with Crippen LogP contribution in [0.1, 0.15) is 55.5 Å². The van der Waals surface area contributed by atoms with E-state index < -0.39 is 0 Å². The van der Waals surface area contributed by atoms with E-state index in [1.807, 2.05) is 11.3 Å².